The number of anilines is 1. The van der Waals surface area contributed by atoms with E-state index in [0.717, 1.165) is 76.0 Å². The highest BCUT2D eigenvalue weighted by Gasteiger charge is 2.31. The predicted octanol–water partition coefficient (Wildman–Crippen LogP) is 1.35. The zero-order valence-electron chi connectivity index (χ0n) is 19.5. The Bertz CT molecular complexity index is 1150. The number of hydrogen-bond acceptors (Lipinski definition) is 9. The van der Waals surface area contributed by atoms with Crippen LogP contribution >= 0.6 is 0 Å². The number of amides is 1. The predicted molar refractivity (Wildman–Crippen MR) is 126 cm³/mol. The number of fused-ring (bicyclic) bond motifs is 1. The van der Waals surface area contributed by atoms with E-state index in [1.807, 2.05) is 23.1 Å². The minimum atomic E-state index is 0.0778. The van der Waals surface area contributed by atoms with Gasteiger partial charge < -0.3 is 19.3 Å². The van der Waals surface area contributed by atoms with E-state index >= 15 is 0 Å². The molecule has 1 amide bonds. The first-order chi connectivity index (χ1) is 17.2. The van der Waals surface area contributed by atoms with Gasteiger partial charge in [-0.1, -0.05) is 6.07 Å². The van der Waals surface area contributed by atoms with Crippen molar-refractivity contribution < 1.29 is 14.3 Å². The van der Waals surface area contributed by atoms with E-state index in [4.69, 9.17) is 9.47 Å². The summed E-state index contributed by atoms with van der Waals surface area (Å²) in [5.74, 6) is 3.46. The highest BCUT2D eigenvalue weighted by molar-refractivity contribution is 5.79. The molecule has 0 spiro atoms. The van der Waals surface area contributed by atoms with E-state index < -0.39 is 0 Å². The molecule has 0 bridgehead atoms. The van der Waals surface area contributed by atoms with Crippen molar-refractivity contribution in [1.29, 1.82) is 0 Å². The molecule has 0 aliphatic carbocycles. The molecule has 2 aromatic heterocycles. The molecule has 0 N–H and O–H groups in total. The van der Waals surface area contributed by atoms with Gasteiger partial charge in [-0.15, -0.1) is 10.2 Å². The Hall–Kier alpha value is -3.73. The normalized spacial score (nSPS) is 18.7. The van der Waals surface area contributed by atoms with Crippen LogP contribution in [0.2, 0.25) is 0 Å². The first kappa shape index (κ1) is 21.8. The lowest BCUT2D eigenvalue weighted by atomic mass is 9.95. The second kappa shape index (κ2) is 9.49. The molecule has 5 heterocycles. The molecule has 35 heavy (non-hydrogen) atoms. The van der Waals surface area contributed by atoms with Crippen LogP contribution in [0, 0.1) is 5.92 Å². The van der Waals surface area contributed by atoms with Crippen LogP contribution in [-0.2, 0) is 11.3 Å². The van der Waals surface area contributed by atoms with Gasteiger partial charge in [-0.05, 0) is 42.7 Å². The highest BCUT2D eigenvalue weighted by Crippen LogP contribution is 2.33. The summed E-state index contributed by atoms with van der Waals surface area (Å²) in [6.45, 7) is 6.07. The van der Waals surface area contributed by atoms with Gasteiger partial charge in [-0.2, -0.15) is 5.10 Å². The maximum atomic E-state index is 13.2. The molecule has 1 aromatic carbocycles. The minimum Gasteiger partial charge on any atom is -0.454 e. The third-order valence-electron chi connectivity index (χ3n) is 6.99. The van der Waals surface area contributed by atoms with Crippen molar-refractivity contribution in [3.63, 3.8) is 0 Å². The molecule has 6 rings (SSSR count). The number of hydrogen-bond donors (Lipinski definition) is 0. The Balaban J connectivity index is 0.974. The second-order valence-electron chi connectivity index (χ2n) is 9.14. The Kier molecular flexibility index (Phi) is 5.91. The fourth-order valence-electron chi connectivity index (χ4n) is 4.97. The molecule has 2 saturated heterocycles. The number of ether oxygens (including phenoxy) is 2. The molecule has 11 nitrogen and oxygen atoms in total. The molecule has 11 heteroatoms. The molecule has 0 saturated carbocycles. The fourth-order valence-corrected chi connectivity index (χ4v) is 4.97. The Morgan fingerprint density at radius 1 is 0.914 bits per heavy atom. The summed E-state index contributed by atoms with van der Waals surface area (Å²) >= 11 is 0. The lowest BCUT2D eigenvalue weighted by molar-refractivity contribution is -0.138. The van der Waals surface area contributed by atoms with Crippen molar-refractivity contribution in [3.8, 4) is 17.3 Å². The number of rotatable bonds is 5. The summed E-state index contributed by atoms with van der Waals surface area (Å²) in [4.78, 5) is 23.8. The standard InChI is InChI=1S/C24H28N8O3/c33-24(31-11-9-29(10-12-31)14-18-1-2-20-21(13-18)35-17-34-20)19-5-7-30(8-6-19)22-3-4-23(28-27-22)32-16-25-15-26-32/h1-4,13,15-16,19H,5-12,14,17H2. The molecular formula is C24H28N8O3. The molecule has 0 radical (unpaired) electrons. The molecule has 182 valence electrons. The van der Waals surface area contributed by atoms with Gasteiger partial charge in [0, 0.05) is 51.7 Å². The van der Waals surface area contributed by atoms with Crippen LogP contribution in [0.15, 0.2) is 43.0 Å². The number of aromatic nitrogens is 5. The third kappa shape index (κ3) is 4.63. The van der Waals surface area contributed by atoms with Gasteiger partial charge in [0.25, 0.3) is 0 Å². The average Bonchev–Trinajstić information content (AvgIpc) is 3.61. The first-order valence-corrected chi connectivity index (χ1v) is 12.1. The molecule has 3 aromatic rings. The number of piperidine rings is 1. The van der Waals surface area contributed by atoms with E-state index in [9.17, 15) is 4.79 Å². The van der Waals surface area contributed by atoms with Crippen molar-refractivity contribution in [2.24, 2.45) is 5.92 Å². The van der Waals surface area contributed by atoms with E-state index in [-0.39, 0.29) is 5.92 Å². The summed E-state index contributed by atoms with van der Waals surface area (Å²) in [6.07, 6.45) is 4.74. The van der Waals surface area contributed by atoms with Crippen LogP contribution in [0.3, 0.4) is 0 Å². The number of nitrogens with zero attached hydrogens (tertiary/aromatic N) is 8. The Morgan fingerprint density at radius 3 is 2.43 bits per heavy atom. The van der Waals surface area contributed by atoms with Crippen LogP contribution in [-0.4, -0.2) is 86.7 Å². The zero-order chi connectivity index (χ0) is 23.6. The van der Waals surface area contributed by atoms with Gasteiger partial charge in [-0.25, -0.2) is 9.67 Å². The topological polar surface area (TPSA) is 102 Å². The summed E-state index contributed by atoms with van der Waals surface area (Å²) in [6, 6.07) is 9.95. The number of piperazine rings is 1. The van der Waals surface area contributed by atoms with Crippen molar-refractivity contribution in [2.45, 2.75) is 19.4 Å². The summed E-state index contributed by atoms with van der Waals surface area (Å²) < 4.78 is 12.5. The summed E-state index contributed by atoms with van der Waals surface area (Å²) in [5, 5.41) is 12.7. The maximum absolute atomic E-state index is 13.2. The van der Waals surface area contributed by atoms with Crippen LogP contribution in [0.4, 0.5) is 5.82 Å². The molecule has 3 aliphatic heterocycles. The lowest BCUT2D eigenvalue weighted by Gasteiger charge is -2.38. The van der Waals surface area contributed by atoms with Gasteiger partial charge in [0.15, 0.2) is 23.1 Å². The van der Waals surface area contributed by atoms with Gasteiger partial charge in [0.1, 0.15) is 12.7 Å². The minimum absolute atomic E-state index is 0.0778. The zero-order valence-corrected chi connectivity index (χ0v) is 19.5. The van der Waals surface area contributed by atoms with E-state index in [2.05, 4.69) is 42.2 Å². The maximum Gasteiger partial charge on any atom is 0.231 e. The molecule has 2 fully saturated rings. The van der Waals surface area contributed by atoms with Crippen molar-refractivity contribution in [1.82, 2.24) is 34.8 Å². The Labute approximate surface area is 203 Å². The van der Waals surface area contributed by atoms with Crippen LogP contribution in [0.25, 0.3) is 5.82 Å². The highest BCUT2D eigenvalue weighted by atomic mass is 16.7. The fraction of sp³-hybridized carbons (Fsp3) is 0.458. The first-order valence-electron chi connectivity index (χ1n) is 12.1. The van der Waals surface area contributed by atoms with Crippen molar-refractivity contribution in [3.05, 3.63) is 48.5 Å². The third-order valence-corrected chi connectivity index (χ3v) is 6.99. The van der Waals surface area contributed by atoms with Gasteiger partial charge in [0.2, 0.25) is 12.7 Å². The van der Waals surface area contributed by atoms with Gasteiger partial charge in [0.05, 0.1) is 0 Å². The number of carbonyl (C=O) groups is 1. The monoisotopic (exact) mass is 476 g/mol. The van der Waals surface area contributed by atoms with E-state index in [1.54, 1.807) is 11.0 Å². The van der Waals surface area contributed by atoms with Crippen LogP contribution < -0.4 is 14.4 Å². The molecule has 0 atom stereocenters. The largest absolute Gasteiger partial charge is 0.454 e. The average molecular weight is 477 g/mol. The summed E-state index contributed by atoms with van der Waals surface area (Å²) in [5.41, 5.74) is 1.21. The van der Waals surface area contributed by atoms with Gasteiger partial charge >= 0.3 is 0 Å². The number of carbonyl (C=O) groups excluding carboxylic acids is 1. The smallest absolute Gasteiger partial charge is 0.231 e. The van der Waals surface area contributed by atoms with Crippen molar-refractivity contribution >= 4 is 11.7 Å². The van der Waals surface area contributed by atoms with Crippen LogP contribution in [0.1, 0.15) is 18.4 Å². The SMILES string of the molecule is O=C(C1CCN(c2ccc(-n3cncn3)nn2)CC1)N1CCN(Cc2ccc3c(c2)OCO3)CC1. The molecule has 3 aliphatic rings. The van der Waals surface area contributed by atoms with Crippen molar-refractivity contribution in [2.75, 3.05) is 51.0 Å². The summed E-state index contributed by atoms with van der Waals surface area (Å²) in [7, 11) is 0. The molecular weight excluding hydrogens is 448 g/mol. The second-order valence-corrected chi connectivity index (χ2v) is 9.14. The van der Waals surface area contributed by atoms with Gasteiger partial charge in [-0.3, -0.25) is 9.69 Å². The van der Waals surface area contributed by atoms with E-state index in [1.165, 1.54) is 11.9 Å². The Morgan fingerprint density at radius 2 is 1.69 bits per heavy atom. The lowest BCUT2D eigenvalue weighted by Crippen LogP contribution is -2.51. The molecule has 0 unspecified atom stereocenters. The number of benzene rings is 1. The van der Waals surface area contributed by atoms with E-state index in [0.29, 0.717) is 18.5 Å². The van der Waals surface area contributed by atoms with Crippen LogP contribution in [0.5, 0.6) is 11.5 Å². The quantitative estimate of drug-likeness (QED) is 0.540.